The zero-order valence-electron chi connectivity index (χ0n) is 12.9. The summed E-state index contributed by atoms with van der Waals surface area (Å²) < 4.78 is 5.03. The van der Waals surface area contributed by atoms with Gasteiger partial charge < -0.3 is 20.1 Å². The lowest BCUT2D eigenvalue weighted by Gasteiger charge is -2.29. The Hall–Kier alpha value is -2.83. The highest BCUT2D eigenvalue weighted by Gasteiger charge is 2.41. The van der Waals surface area contributed by atoms with Gasteiger partial charge in [0.05, 0.1) is 12.7 Å². The maximum Gasteiger partial charge on any atom is 0.334 e. The molecule has 0 bridgehead atoms. The summed E-state index contributed by atoms with van der Waals surface area (Å²) >= 11 is 0. The first-order chi connectivity index (χ1) is 10.8. The molecule has 1 aromatic rings. The molecule has 1 aliphatic rings. The first-order valence-electron chi connectivity index (χ1n) is 6.86. The number of hydrogen-bond acceptors (Lipinski definition) is 5. The quantitative estimate of drug-likeness (QED) is 0.781. The van der Waals surface area contributed by atoms with Gasteiger partial charge >= 0.3 is 11.9 Å². The Morgan fingerprint density at radius 2 is 1.87 bits per heavy atom. The van der Waals surface area contributed by atoms with Crippen LogP contribution in [0.4, 0.5) is 0 Å². The Morgan fingerprint density at radius 3 is 2.39 bits per heavy atom. The number of phenols is 1. The van der Waals surface area contributed by atoms with Gasteiger partial charge in [0, 0.05) is 17.3 Å². The van der Waals surface area contributed by atoms with E-state index in [0.717, 1.165) is 0 Å². The molecule has 0 saturated heterocycles. The summed E-state index contributed by atoms with van der Waals surface area (Å²) in [5.41, 5.74) is 0.954. The van der Waals surface area contributed by atoms with Gasteiger partial charge in [-0.25, -0.2) is 4.79 Å². The van der Waals surface area contributed by atoms with Gasteiger partial charge in [-0.05, 0) is 31.5 Å². The molecule has 2 rings (SSSR count). The molecule has 7 heteroatoms. The molecule has 0 aromatic heterocycles. The summed E-state index contributed by atoms with van der Waals surface area (Å²) in [4.78, 5) is 27.4. The summed E-state index contributed by atoms with van der Waals surface area (Å²) in [6, 6.07) is 4.29. The highest BCUT2D eigenvalue weighted by atomic mass is 16.5. The minimum Gasteiger partial charge on any atom is -0.504 e. The van der Waals surface area contributed by atoms with E-state index < -0.39 is 23.8 Å². The number of allylic oxidation sites excluding steroid dienone is 1. The van der Waals surface area contributed by atoms with Crippen LogP contribution in [0.25, 0.3) is 0 Å². The summed E-state index contributed by atoms with van der Waals surface area (Å²) in [7, 11) is 1.36. The molecule has 0 spiro atoms. The van der Waals surface area contributed by atoms with Crippen LogP contribution in [0.5, 0.6) is 11.5 Å². The monoisotopic (exact) mass is 319 g/mol. The van der Waals surface area contributed by atoms with Crippen molar-refractivity contribution in [1.82, 2.24) is 0 Å². The molecule has 0 radical (unpaired) electrons. The number of aliphatic imine (C=N–C) groups is 1. The molecular formula is C16H17NO6. The molecule has 1 aliphatic heterocycles. The number of nitrogens with zero attached hydrogens (tertiary/aromatic N) is 1. The molecule has 3 N–H and O–H groups in total. The van der Waals surface area contributed by atoms with Crippen molar-refractivity contribution in [1.29, 1.82) is 0 Å². The summed E-state index contributed by atoms with van der Waals surface area (Å²) in [6.07, 6.45) is 0. The lowest BCUT2D eigenvalue weighted by Crippen LogP contribution is -2.34. The number of carboxylic acid groups (broad SMARTS) is 2. The zero-order chi connectivity index (χ0) is 17.3. The number of benzene rings is 1. The zero-order valence-corrected chi connectivity index (χ0v) is 12.9. The Bertz CT molecular complexity index is 734. The second kappa shape index (κ2) is 6.12. The van der Waals surface area contributed by atoms with Crippen molar-refractivity contribution < 1.29 is 29.6 Å². The fourth-order valence-electron chi connectivity index (χ4n) is 2.88. The molecule has 0 fully saturated rings. The number of carbonyl (C=O) groups is 2. The molecule has 0 aliphatic carbocycles. The minimum atomic E-state index is -1.22. The lowest BCUT2D eigenvalue weighted by atomic mass is 9.75. The number of ether oxygens (including phenoxy) is 1. The van der Waals surface area contributed by atoms with Crippen LogP contribution in [0.1, 0.15) is 25.3 Å². The van der Waals surface area contributed by atoms with Crippen molar-refractivity contribution in [3.05, 3.63) is 35.0 Å². The predicted octanol–water partition coefficient (Wildman–Crippen LogP) is 2.02. The Morgan fingerprint density at radius 1 is 1.22 bits per heavy atom. The van der Waals surface area contributed by atoms with E-state index in [4.69, 9.17) is 4.74 Å². The minimum absolute atomic E-state index is 0.0734. The van der Waals surface area contributed by atoms with Crippen LogP contribution in [0.2, 0.25) is 0 Å². The van der Waals surface area contributed by atoms with Crippen molar-refractivity contribution in [2.45, 2.75) is 19.8 Å². The predicted molar refractivity (Wildman–Crippen MR) is 82.0 cm³/mol. The molecule has 1 aromatic carbocycles. The molecule has 0 amide bonds. The van der Waals surface area contributed by atoms with E-state index in [1.165, 1.54) is 32.2 Å². The molecule has 2 atom stereocenters. The van der Waals surface area contributed by atoms with E-state index >= 15 is 0 Å². The molecule has 2 unspecified atom stereocenters. The Kier molecular flexibility index (Phi) is 4.40. The topological polar surface area (TPSA) is 116 Å². The van der Waals surface area contributed by atoms with Crippen LogP contribution >= 0.6 is 0 Å². The highest BCUT2D eigenvalue weighted by Crippen LogP contribution is 2.41. The number of rotatable bonds is 4. The van der Waals surface area contributed by atoms with E-state index in [0.29, 0.717) is 11.3 Å². The number of methoxy groups -OCH3 is 1. The number of phenolic OH excluding ortho intramolecular Hbond substituents is 1. The van der Waals surface area contributed by atoms with Gasteiger partial charge in [-0.1, -0.05) is 6.07 Å². The summed E-state index contributed by atoms with van der Waals surface area (Å²) in [5.74, 6) is -4.36. The standard InChI is InChI=1S/C16H17NO6/c1-7-12(15(19)20)14(13(16(21)22)8(2)17-7)9-4-5-10(18)11(6-9)23-3/h4-6,12,14,18H,1-3H3,(H,19,20)(H,21,22). The average molecular weight is 319 g/mol. The van der Waals surface area contributed by atoms with Crippen LogP contribution in [0.3, 0.4) is 0 Å². The van der Waals surface area contributed by atoms with Gasteiger partial charge in [-0.15, -0.1) is 0 Å². The van der Waals surface area contributed by atoms with Gasteiger partial charge in [0.25, 0.3) is 0 Å². The fraction of sp³-hybridized carbons (Fsp3) is 0.312. The molecule has 0 saturated carbocycles. The SMILES string of the molecule is COc1cc(C2C(C(=O)O)=C(C)N=C(C)C2C(=O)O)ccc1O. The van der Waals surface area contributed by atoms with E-state index in [9.17, 15) is 24.9 Å². The van der Waals surface area contributed by atoms with Crippen molar-refractivity contribution >= 4 is 17.7 Å². The maximum absolute atomic E-state index is 11.7. The normalized spacial score (nSPS) is 20.9. The maximum atomic E-state index is 11.7. The van der Waals surface area contributed by atoms with E-state index in [2.05, 4.69) is 4.99 Å². The number of hydrogen-bond donors (Lipinski definition) is 3. The van der Waals surface area contributed by atoms with E-state index in [-0.39, 0.29) is 22.8 Å². The van der Waals surface area contributed by atoms with Crippen molar-refractivity contribution in [3.63, 3.8) is 0 Å². The van der Waals surface area contributed by atoms with Crippen molar-refractivity contribution in [2.75, 3.05) is 7.11 Å². The third-order valence-corrected chi connectivity index (χ3v) is 3.89. The number of aromatic hydroxyl groups is 1. The number of aliphatic carboxylic acids is 2. The third-order valence-electron chi connectivity index (χ3n) is 3.89. The smallest absolute Gasteiger partial charge is 0.334 e. The molecular weight excluding hydrogens is 302 g/mol. The molecule has 23 heavy (non-hydrogen) atoms. The number of carboxylic acids is 2. The largest absolute Gasteiger partial charge is 0.504 e. The second-order valence-corrected chi connectivity index (χ2v) is 5.28. The van der Waals surface area contributed by atoms with Gasteiger partial charge in [0.15, 0.2) is 11.5 Å². The highest BCUT2D eigenvalue weighted by molar-refractivity contribution is 6.06. The van der Waals surface area contributed by atoms with Crippen LogP contribution in [0.15, 0.2) is 34.5 Å². The molecule has 7 nitrogen and oxygen atoms in total. The van der Waals surface area contributed by atoms with Crippen LogP contribution in [0, 0.1) is 5.92 Å². The van der Waals surface area contributed by atoms with Gasteiger partial charge in [-0.3, -0.25) is 9.79 Å². The van der Waals surface area contributed by atoms with Crippen LogP contribution in [-0.2, 0) is 9.59 Å². The molecule has 122 valence electrons. The summed E-state index contributed by atoms with van der Waals surface area (Å²) in [6.45, 7) is 3.10. The van der Waals surface area contributed by atoms with Crippen LogP contribution < -0.4 is 4.74 Å². The van der Waals surface area contributed by atoms with Crippen molar-refractivity contribution in [3.8, 4) is 11.5 Å². The Labute approximate surface area is 132 Å². The Balaban J connectivity index is 2.69. The first-order valence-corrected chi connectivity index (χ1v) is 6.86. The van der Waals surface area contributed by atoms with E-state index in [1.54, 1.807) is 6.92 Å². The third kappa shape index (κ3) is 2.90. The first kappa shape index (κ1) is 16.5. The fourth-order valence-corrected chi connectivity index (χ4v) is 2.88. The summed E-state index contributed by atoms with van der Waals surface area (Å²) in [5, 5.41) is 28.7. The van der Waals surface area contributed by atoms with Crippen molar-refractivity contribution in [2.24, 2.45) is 10.9 Å². The van der Waals surface area contributed by atoms with Gasteiger partial charge in [0.2, 0.25) is 0 Å². The average Bonchev–Trinajstić information content (AvgIpc) is 2.45. The molecule has 1 heterocycles. The van der Waals surface area contributed by atoms with Gasteiger partial charge in [0.1, 0.15) is 5.92 Å². The van der Waals surface area contributed by atoms with Gasteiger partial charge in [-0.2, -0.15) is 0 Å². The second-order valence-electron chi connectivity index (χ2n) is 5.28. The van der Waals surface area contributed by atoms with E-state index in [1.807, 2.05) is 0 Å². The van der Waals surface area contributed by atoms with Crippen LogP contribution in [-0.4, -0.2) is 40.1 Å². The lowest BCUT2D eigenvalue weighted by molar-refractivity contribution is -0.140.